The SMILES string of the molecule is O=C(OC1CCCC1)c1ncc[nH]1. The lowest BCUT2D eigenvalue weighted by atomic mass is 10.3. The number of aromatic amines is 1. The highest BCUT2D eigenvalue weighted by Gasteiger charge is 2.20. The van der Waals surface area contributed by atoms with Crippen molar-refractivity contribution in [1.82, 2.24) is 9.97 Å². The van der Waals surface area contributed by atoms with Crippen LogP contribution < -0.4 is 0 Å². The highest BCUT2D eigenvalue weighted by atomic mass is 16.5. The minimum Gasteiger partial charge on any atom is -0.457 e. The van der Waals surface area contributed by atoms with Crippen molar-refractivity contribution >= 4 is 5.97 Å². The van der Waals surface area contributed by atoms with Gasteiger partial charge in [0.05, 0.1) is 0 Å². The van der Waals surface area contributed by atoms with E-state index in [0.29, 0.717) is 5.82 Å². The van der Waals surface area contributed by atoms with Crippen LogP contribution in [0.3, 0.4) is 0 Å². The van der Waals surface area contributed by atoms with Crippen LogP contribution in [0.25, 0.3) is 0 Å². The van der Waals surface area contributed by atoms with E-state index in [2.05, 4.69) is 9.97 Å². The molecular formula is C9H12N2O2. The molecule has 0 radical (unpaired) electrons. The number of ether oxygens (including phenoxy) is 1. The molecule has 0 spiro atoms. The maximum absolute atomic E-state index is 11.3. The second-order valence-corrected chi connectivity index (χ2v) is 3.25. The van der Waals surface area contributed by atoms with E-state index < -0.39 is 0 Å². The second-order valence-electron chi connectivity index (χ2n) is 3.25. The van der Waals surface area contributed by atoms with E-state index in [1.54, 1.807) is 12.4 Å². The molecule has 1 saturated carbocycles. The van der Waals surface area contributed by atoms with E-state index in [0.717, 1.165) is 25.7 Å². The van der Waals surface area contributed by atoms with Gasteiger partial charge in [-0.25, -0.2) is 9.78 Å². The Hall–Kier alpha value is -1.32. The molecule has 0 aliphatic heterocycles. The van der Waals surface area contributed by atoms with Gasteiger partial charge < -0.3 is 9.72 Å². The number of hydrogen-bond donors (Lipinski definition) is 1. The number of rotatable bonds is 2. The normalized spacial score (nSPS) is 17.5. The molecule has 13 heavy (non-hydrogen) atoms. The van der Waals surface area contributed by atoms with Gasteiger partial charge in [-0.15, -0.1) is 0 Å². The minimum absolute atomic E-state index is 0.109. The fourth-order valence-electron chi connectivity index (χ4n) is 1.59. The van der Waals surface area contributed by atoms with Gasteiger partial charge in [0.1, 0.15) is 6.10 Å². The fraction of sp³-hybridized carbons (Fsp3) is 0.556. The topological polar surface area (TPSA) is 55.0 Å². The van der Waals surface area contributed by atoms with Gasteiger partial charge in [0.2, 0.25) is 5.82 Å². The lowest BCUT2D eigenvalue weighted by Crippen LogP contribution is -2.15. The predicted molar refractivity (Wildman–Crippen MR) is 46.3 cm³/mol. The molecule has 1 aliphatic carbocycles. The number of hydrogen-bond acceptors (Lipinski definition) is 3. The number of H-pyrrole nitrogens is 1. The third-order valence-corrected chi connectivity index (χ3v) is 2.27. The molecule has 1 aromatic heterocycles. The molecule has 4 heteroatoms. The van der Waals surface area contributed by atoms with E-state index >= 15 is 0 Å². The second kappa shape index (κ2) is 3.60. The van der Waals surface area contributed by atoms with E-state index in [1.165, 1.54) is 0 Å². The molecule has 1 aromatic rings. The summed E-state index contributed by atoms with van der Waals surface area (Å²) >= 11 is 0. The van der Waals surface area contributed by atoms with E-state index in [-0.39, 0.29) is 12.1 Å². The Labute approximate surface area is 76.3 Å². The number of carbonyl (C=O) groups is 1. The monoisotopic (exact) mass is 180 g/mol. The summed E-state index contributed by atoms with van der Waals surface area (Å²) in [7, 11) is 0. The number of esters is 1. The standard InChI is InChI=1S/C9H12N2O2/c12-9(8-10-5-6-11-8)13-7-3-1-2-4-7/h5-7H,1-4H2,(H,10,11). The predicted octanol–water partition coefficient (Wildman–Crippen LogP) is 1.51. The summed E-state index contributed by atoms with van der Waals surface area (Å²) in [4.78, 5) is 17.9. The third-order valence-electron chi connectivity index (χ3n) is 2.27. The summed E-state index contributed by atoms with van der Waals surface area (Å²) in [6.45, 7) is 0. The molecule has 70 valence electrons. The van der Waals surface area contributed by atoms with Crippen molar-refractivity contribution in [3.63, 3.8) is 0 Å². The average Bonchev–Trinajstić information content (AvgIpc) is 2.74. The number of carbonyl (C=O) groups excluding carboxylic acids is 1. The average molecular weight is 180 g/mol. The molecule has 1 heterocycles. The molecule has 0 unspecified atom stereocenters. The van der Waals surface area contributed by atoms with Crippen LogP contribution in [0.15, 0.2) is 12.4 Å². The number of imidazole rings is 1. The highest BCUT2D eigenvalue weighted by molar-refractivity contribution is 5.85. The summed E-state index contributed by atoms with van der Waals surface area (Å²) in [6, 6.07) is 0. The summed E-state index contributed by atoms with van der Waals surface area (Å²) in [6.07, 6.45) is 7.58. The Morgan fingerprint density at radius 3 is 2.92 bits per heavy atom. The molecule has 0 aromatic carbocycles. The van der Waals surface area contributed by atoms with E-state index in [9.17, 15) is 4.79 Å². The fourth-order valence-corrected chi connectivity index (χ4v) is 1.59. The van der Waals surface area contributed by atoms with Crippen LogP contribution in [-0.2, 0) is 4.74 Å². The van der Waals surface area contributed by atoms with Crippen LogP contribution in [0.5, 0.6) is 0 Å². The molecule has 1 aliphatic rings. The van der Waals surface area contributed by atoms with Gasteiger partial charge in [0.15, 0.2) is 0 Å². The van der Waals surface area contributed by atoms with Crippen LogP contribution in [0.1, 0.15) is 36.3 Å². The Morgan fingerprint density at radius 1 is 1.54 bits per heavy atom. The van der Waals surface area contributed by atoms with Crippen molar-refractivity contribution in [1.29, 1.82) is 0 Å². The zero-order valence-electron chi connectivity index (χ0n) is 7.32. The quantitative estimate of drug-likeness (QED) is 0.702. The molecular weight excluding hydrogens is 168 g/mol. The minimum atomic E-state index is -0.336. The summed E-state index contributed by atoms with van der Waals surface area (Å²) in [5.41, 5.74) is 0. The zero-order valence-corrected chi connectivity index (χ0v) is 7.32. The number of aromatic nitrogens is 2. The van der Waals surface area contributed by atoms with Gasteiger partial charge in [-0.3, -0.25) is 0 Å². The first-order chi connectivity index (χ1) is 6.36. The van der Waals surface area contributed by atoms with Gasteiger partial charge in [-0.05, 0) is 25.7 Å². The van der Waals surface area contributed by atoms with Crippen molar-refractivity contribution in [2.45, 2.75) is 31.8 Å². The summed E-state index contributed by atoms with van der Waals surface area (Å²) < 4.78 is 5.22. The molecule has 0 saturated heterocycles. The van der Waals surface area contributed by atoms with Crippen molar-refractivity contribution in [3.8, 4) is 0 Å². The number of nitrogens with one attached hydrogen (secondary N) is 1. The highest BCUT2D eigenvalue weighted by Crippen LogP contribution is 2.21. The van der Waals surface area contributed by atoms with Gasteiger partial charge in [0.25, 0.3) is 0 Å². The van der Waals surface area contributed by atoms with Crippen LogP contribution >= 0.6 is 0 Å². The first kappa shape index (κ1) is 8.29. The third kappa shape index (κ3) is 1.88. The molecule has 0 amide bonds. The lowest BCUT2D eigenvalue weighted by Gasteiger charge is -2.08. The zero-order chi connectivity index (χ0) is 9.10. The maximum Gasteiger partial charge on any atom is 0.374 e. The maximum atomic E-state index is 11.3. The summed E-state index contributed by atoms with van der Waals surface area (Å²) in [5.74, 6) is -0.0381. The van der Waals surface area contributed by atoms with Gasteiger partial charge in [-0.1, -0.05) is 0 Å². The van der Waals surface area contributed by atoms with E-state index in [1.807, 2.05) is 0 Å². The largest absolute Gasteiger partial charge is 0.457 e. The van der Waals surface area contributed by atoms with Crippen LogP contribution in [-0.4, -0.2) is 22.0 Å². The van der Waals surface area contributed by atoms with Gasteiger partial charge in [0, 0.05) is 12.4 Å². The molecule has 1 fully saturated rings. The van der Waals surface area contributed by atoms with Crippen molar-refractivity contribution in [3.05, 3.63) is 18.2 Å². The lowest BCUT2D eigenvalue weighted by molar-refractivity contribution is 0.0304. The van der Waals surface area contributed by atoms with Crippen molar-refractivity contribution < 1.29 is 9.53 Å². The van der Waals surface area contributed by atoms with Crippen LogP contribution in [0, 0.1) is 0 Å². The molecule has 1 N–H and O–H groups in total. The van der Waals surface area contributed by atoms with Crippen LogP contribution in [0.4, 0.5) is 0 Å². The Kier molecular flexibility index (Phi) is 2.29. The summed E-state index contributed by atoms with van der Waals surface area (Å²) in [5, 5.41) is 0. The molecule has 0 bridgehead atoms. The smallest absolute Gasteiger partial charge is 0.374 e. The van der Waals surface area contributed by atoms with Gasteiger partial charge in [-0.2, -0.15) is 0 Å². The van der Waals surface area contributed by atoms with Crippen molar-refractivity contribution in [2.75, 3.05) is 0 Å². The van der Waals surface area contributed by atoms with E-state index in [4.69, 9.17) is 4.74 Å². The Bertz CT molecular complexity index is 276. The first-order valence-electron chi connectivity index (χ1n) is 4.56. The Morgan fingerprint density at radius 2 is 2.31 bits per heavy atom. The molecule has 4 nitrogen and oxygen atoms in total. The Balaban J connectivity index is 1.91. The first-order valence-corrected chi connectivity index (χ1v) is 4.56. The van der Waals surface area contributed by atoms with Crippen LogP contribution in [0.2, 0.25) is 0 Å². The molecule has 2 rings (SSSR count). The van der Waals surface area contributed by atoms with Crippen molar-refractivity contribution in [2.24, 2.45) is 0 Å². The van der Waals surface area contributed by atoms with Gasteiger partial charge >= 0.3 is 5.97 Å². The molecule has 0 atom stereocenters. The number of nitrogens with zero attached hydrogens (tertiary/aromatic N) is 1.